The lowest BCUT2D eigenvalue weighted by Crippen LogP contribution is -2.00. The van der Waals surface area contributed by atoms with Crippen LogP contribution in [-0.2, 0) is 0 Å². The Balaban J connectivity index is 1.16. The Hall–Kier alpha value is -7.17. The minimum Gasteiger partial charge on any atom is -0.455 e. The molecule has 10 rings (SSSR count). The zero-order valence-corrected chi connectivity index (χ0v) is 28.6. The summed E-state index contributed by atoms with van der Waals surface area (Å²) in [5.41, 5.74) is 11.0. The Morgan fingerprint density at radius 1 is 0.283 bits per heavy atom. The number of hydrogen-bond acceptors (Lipinski definition) is 4. The highest BCUT2D eigenvalue weighted by Gasteiger charge is 2.20. The molecule has 0 unspecified atom stereocenters. The lowest BCUT2D eigenvalue weighted by atomic mass is 9.92. The molecule has 4 heteroatoms. The van der Waals surface area contributed by atoms with Gasteiger partial charge in [0.15, 0.2) is 17.5 Å². The second-order valence-corrected chi connectivity index (χ2v) is 13.2. The average Bonchev–Trinajstić information content (AvgIpc) is 3.63. The molecule has 8 aromatic carbocycles. The summed E-state index contributed by atoms with van der Waals surface area (Å²) in [4.78, 5) is 15.4. The van der Waals surface area contributed by atoms with Crippen molar-refractivity contribution in [2.24, 2.45) is 0 Å². The molecule has 0 saturated heterocycles. The van der Waals surface area contributed by atoms with Crippen molar-refractivity contribution in [3.05, 3.63) is 188 Å². The summed E-state index contributed by atoms with van der Waals surface area (Å²) in [6, 6.07) is 65.2. The quantitative estimate of drug-likeness (QED) is 0.176. The van der Waals surface area contributed by atoms with Gasteiger partial charge in [-0.1, -0.05) is 164 Å². The molecule has 0 fully saturated rings. The molecule has 53 heavy (non-hydrogen) atoms. The molecule has 0 atom stereocenters. The fourth-order valence-corrected chi connectivity index (χ4v) is 7.36. The van der Waals surface area contributed by atoms with E-state index in [1.807, 2.05) is 42.5 Å². The van der Waals surface area contributed by atoms with Crippen molar-refractivity contribution in [2.45, 2.75) is 0 Å². The second-order valence-electron chi connectivity index (χ2n) is 13.2. The Morgan fingerprint density at radius 3 is 1.53 bits per heavy atom. The van der Waals surface area contributed by atoms with Crippen LogP contribution in [0.15, 0.2) is 192 Å². The summed E-state index contributed by atoms with van der Waals surface area (Å²) >= 11 is 0. The van der Waals surface area contributed by atoms with Crippen LogP contribution in [0.3, 0.4) is 0 Å². The fourth-order valence-electron chi connectivity index (χ4n) is 7.36. The van der Waals surface area contributed by atoms with E-state index in [0.717, 1.165) is 60.9 Å². The van der Waals surface area contributed by atoms with Gasteiger partial charge in [0, 0.05) is 27.5 Å². The van der Waals surface area contributed by atoms with Gasteiger partial charge in [0.25, 0.3) is 0 Å². The van der Waals surface area contributed by atoms with Gasteiger partial charge in [-0.25, -0.2) is 15.0 Å². The largest absolute Gasteiger partial charge is 0.455 e. The van der Waals surface area contributed by atoms with Crippen molar-refractivity contribution in [3.63, 3.8) is 0 Å². The number of hydrogen-bond donors (Lipinski definition) is 0. The molecule has 0 aliphatic heterocycles. The maximum absolute atomic E-state index is 6.78. The summed E-state index contributed by atoms with van der Waals surface area (Å²) in [6.45, 7) is 0. The number of fused-ring (bicyclic) bond motifs is 4. The maximum Gasteiger partial charge on any atom is 0.167 e. The van der Waals surface area contributed by atoms with Crippen molar-refractivity contribution >= 4 is 32.7 Å². The second kappa shape index (κ2) is 12.9. The van der Waals surface area contributed by atoms with E-state index in [2.05, 4.69) is 146 Å². The third-order valence-electron chi connectivity index (χ3n) is 9.92. The maximum atomic E-state index is 6.78. The Labute approximate surface area is 306 Å². The number of furan rings is 1. The molecule has 0 aliphatic carbocycles. The molecule has 0 bridgehead atoms. The van der Waals surface area contributed by atoms with Gasteiger partial charge in [0.1, 0.15) is 11.2 Å². The molecule has 4 nitrogen and oxygen atoms in total. The van der Waals surface area contributed by atoms with Gasteiger partial charge in [-0.2, -0.15) is 0 Å². The third kappa shape index (κ3) is 5.54. The van der Waals surface area contributed by atoms with Crippen molar-refractivity contribution in [2.75, 3.05) is 0 Å². The van der Waals surface area contributed by atoms with Crippen LogP contribution in [-0.4, -0.2) is 15.0 Å². The van der Waals surface area contributed by atoms with Gasteiger partial charge in [-0.15, -0.1) is 0 Å². The average molecular weight is 678 g/mol. The predicted molar refractivity (Wildman–Crippen MR) is 217 cm³/mol. The van der Waals surface area contributed by atoms with E-state index < -0.39 is 0 Å². The first-order valence-corrected chi connectivity index (χ1v) is 17.8. The minimum absolute atomic E-state index is 0.557. The van der Waals surface area contributed by atoms with Crippen LogP contribution in [0.2, 0.25) is 0 Å². The van der Waals surface area contributed by atoms with E-state index in [1.54, 1.807) is 0 Å². The molecule has 0 N–H and O–H groups in total. The van der Waals surface area contributed by atoms with Crippen LogP contribution >= 0.6 is 0 Å². The molecule has 0 spiro atoms. The summed E-state index contributed by atoms with van der Waals surface area (Å²) in [5.74, 6) is 1.75. The SMILES string of the molecule is c1ccc(-c2cc(-c3cccc(-c4nc(-c5ccccc5)nc(-c5cccc6c5oc5c(-c7ccccc7)cccc56)n4)c3)c3ccccc3c2)cc1. The highest BCUT2D eigenvalue weighted by molar-refractivity contribution is 6.12. The molecule has 0 saturated carbocycles. The van der Waals surface area contributed by atoms with Gasteiger partial charge >= 0.3 is 0 Å². The minimum atomic E-state index is 0.557. The molecular formula is C49H31N3O. The fraction of sp³-hybridized carbons (Fsp3) is 0. The van der Waals surface area contributed by atoms with Crippen LogP contribution in [0.25, 0.3) is 100 Å². The Kier molecular flexibility index (Phi) is 7.43. The summed E-state index contributed by atoms with van der Waals surface area (Å²) in [5, 5.41) is 4.46. The first-order chi connectivity index (χ1) is 26.3. The molecule has 2 aromatic heterocycles. The van der Waals surface area contributed by atoms with Crippen LogP contribution in [0.4, 0.5) is 0 Å². The summed E-state index contributed by atoms with van der Waals surface area (Å²) in [7, 11) is 0. The Morgan fingerprint density at radius 2 is 0.792 bits per heavy atom. The highest BCUT2D eigenvalue weighted by Crippen LogP contribution is 2.40. The molecule has 10 aromatic rings. The molecule has 0 amide bonds. The molecule has 248 valence electrons. The lowest BCUT2D eigenvalue weighted by Gasteiger charge is -2.13. The van der Waals surface area contributed by atoms with E-state index >= 15 is 0 Å². The van der Waals surface area contributed by atoms with Gasteiger partial charge in [-0.05, 0) is 62.9 Å². The van der Waals surface area contributed by atoms with Crippen LogP contribution in [0, 0.1) is 0 Å². The van der Waals surface area contributed by atoms with Crippen LogP contribution in [0.5, 0.6) is 0 Å². The number of aromatic nitrogens is 3. The number of benzene rings is 8. The van der Waals surface area contributed by atoms with Crippen molar-refractivity contribution in [1.82, 2.24) is 15.0 Å². The first-order valence-electron chi connectivity index (χ1n) is 17.8. The normalized spacial score (nSPS) is 11.4. The number of rotatable bonds is 6. The van der Waals surface area contributed by atoms with E-state index in [4.69, 9.17) is 19.4 Å². The van der Waals surface area contributed by atoms with Crippen LogP contribution in [0.1, 0.15) is 0 Å². The smallest absolute Gasteiger partial charge is 0.167 e. The van der Waals surface area contributed by atoms with Crippen molar-refractivity contribution in [3.8, 4) is 67.5 Å². The highest BCUT2D eigenvalue weighted by atomic mass is 16.3. The number of nitrogens with zero attached hydrogens (tertiary/aromatic N) is 3. The zero-order valence-electron chi connectivity index (χ0n) is 28.6. The van der Waals surface area contributed by atoms with E-state index in [-0.39, 0.29) is 0 Å². The first kappa shape index (κ1) is 30.6. The standard InChI is InChI=1S/C49H31N3O/c1-4-15-32(16-5-1)38-30-35-21-10-11-24-39(35)44(31-38)36-22-12-23-37(29-36)48-50-47(34-19-8-3-9-20-34)51-49(52-48)43-28-14-27-42-41-26-13-25-40(45(41)53-46(42)43)33-17-6-2-7-18-33/h1-31H. The number of para-hydroxylation sites is 2. The monoisotopic (exact) mass is 677 g/mol. The zero-order chi connectivity index (χ0) is 35.1. The van der Waals surface area contributed by atoms with E-state index in [9.17, 15) is 0 Å². The molecular weight excluding hydrogens is 647 g/mol. The van der Waals surface area contributed by atoms with E-state index in [0.29, 0.717) is 17.5 Å². The van der Waals surface area contributed by atoms with E-state index in [1.165, 1.54) is 21.9 Å². The lowest BCUT2D eigenvalue weighted by molar-refractivity contribution is 0.670. The van der Waals surface area contributed by atoms with Crippen molar-refractivity contribution in [1.29, 1.82) is 0 Å². The van der Waals surface area contributed by atoms with Gasteiger partial charge in [0.2, 0.25) is 0 Å². The third-order valence-corrected chi connectivity index (χ3v) is 9.92. The summed E-state index contributed by atoms with van der Waals surface area (Å²) < 4.78 is 6.78. The van der Waals surface area contributed by atoms with Gasteiger partial charge in [-0.3, -0.25) is 0 Å². The van der Waals surface area contributed by atoms with Crippen molar-refractivity contribution < 1.29 is 4.42 Å². The molecule has 0 aliphatic rings. The molecule has 2 heterocycles. The summed E-state index contributed by atoms with van der Waals surface area (Å²) in [6.07, 6.45) is 0. The van der Waals surface area contributed by atoms with Gasteiger partial charge < -0.3 is 4.42 Å². The topological polar surface area (TPSA) is 51.8 Å². The van der Waals surface area contributed by atoms with Gasteiger partial charge in [0.05, 0.1) is 5.56 Å². The molecule has 0 radical (unpaired) electrons. The predicted octanol–water partition coefficient (Wildman–Crippen LogP) is 12.9. The Bertz CT molecular complexity index is 2940. The van der Waals surface area contributed by atoms with Crippen LogP contribution < -0.4 is 0 Å².